The van der Waals surface area contributed by atoms with E-state index in [2.05, 4.69) is 10.6 Å². The van der Waals surface area contributed by atoms with E-state index in [9.17, 15) is 13.2 Å². The van der Waals surface area contributed by atoms with Crippen molar-refractivity contribution in [1.82, 2.24) is 5.32 Å². The Morgan fingerprint density at radius 3 is 2.78 bits per heavy atom. The zero-order valence-corrected chi connectivity index (χ0v) is 10.4. The summed E-state index contributed by atoms with van der Waals surface area (Å²) in [5, 5.41) is 6.28. The Morgan fingerprint density at radius 2 is 2.17 bits per heavy atom. The van der Waals surface area contributed by atoms with Gasteiger partial charge < -0.3 is 10.6 Å². The van der Waals surface area contributed by atoms with E-state index in [4.69, 9.17) is 0 Å². The molecular formula is C13H17F3N2. The van der Waals surface area contributed by atoms with E-state index in [0.717, 1.165) is 23.7 Å². The van der Waals surface area contributed by atoms with Gasteiger partial charge in [0.05, 0.1) is 5.56 Å². The van der Waals surface area contributed by atoms with E-state index in [-0.39, 0.29) is 12.0 Å². The van der Waals surface area contributed by atoms with Crippen molar-refractivity contribution in [2.45, 2.75) is 31.5 Å². The topological polar surface area (TPSA) is 24.1 Å². The minimum absolute atomic E-state index is 0.143. The van der Waals surface area contributed by atoms with Gasteiger partial charge in [-0.1, -0.05) is 0 Å². The molecule has 1 aromatic carbocycles. The van der Waals surface area contributed by atoms with E-state index >= 15 is 0 Å². The van der Waals surface area contributed by atoms with Crippen molar-refractivity contribution in [3.63, 3.8) is 0 Å². The maximum Gasteiger partial charge on any atom is 0.416 e. The molecule has 0 amide bonds. The zero-order chi connectivity index (χ0) is 13.3. The van der Waals surface area contributed by atoms with Crippen LogP contribution in [0.4, 0.5) is 18.9 Å². The van der Waals surface area contributed by atoms with Gasteiger partial charge in [0.1, 0.15) is 0 Å². The van der Waals surface area contributed by atoms with Gasteiger partial charge in [0, 0.05) is 24.2 Å². The van der Waals surface area contributed by atoms with E-state index in [1.54, 1.807) is 0 Å². The predicted octanol–water partition coefficient (Wildman–Crippen LogP) is 3.21. The Hall–Kier alpha value is -1.23. The fourth-order valence-corrected chi connectivity index (χ4v) is 2.34. The Labute approximate surface area is 105 Å². The van der Waals surface area contributed by atoms with Crippen LogP contribution < -0.4 is 10.6 Å². The van der Waals surface area contributed by atoms with Crippen LogP contribution in [-0.4, -0.2) is 19.6 Å². The monoisotopic (exact) mass is 258 g/mol. The molecule has 2 unspecified atom stereocenters. The highest BCUT2D eigenvalue weighted by atomic mass is 19.4. The SMILES string of the molecule is CNC(C)CC1CNc2ccc(C(F)(F)F)cc21. The lowest BCUT2D eigenvalue weighted by Gasteiger charge is -2.17. The summed E-state index contributed by atoms with van der Waals surface area (Å²) in [6, 6.07) is 4.23. The molecule has 2 nitrogen and oxygen atoms in total. The summed E-state index contributed by atoms with van der Waals surface area (Å²) in [6.45, 7) is 2.74. The summed E-state index contributed by atoms with van der Waals surface area (Å²) < 4.78 is 38.0. The highest BCUT2D eigenvalue weighted by Gasteiger charge is 2.33. The van der Waals surface area contributed by atoms with Gasteiger partial charge in [-0.05, 0) is 44.2 Å². The molecule has 100 valence electrons. The number of rotatable bonds is 3. The lowest BCUT2D eigenvalue weighted by atomic mass is 9.93. The highest BCUT2D eigenvalue weighted by molar-refractivity contribution is 5.59. The zero-order valence-electron chi connectivity index (χ0n) is 10.4. The molecular weight excluding hydrogens is 241 g/mol. The molecule has 1 aromatic rings. The number of nitrogens with one attached hydrogen (secondary N) is 2. The average Bonchev–Trinajstić information content (AvgIpc) is 2.70. The molecule has 0 saturated carbocycles. The van der Waals surface area contributed by atoms with Crippen LogP contribution in [0.1, 0.15) is 30.4 Å². The van der Waals surface area contributed by atoms with Crippen LogP contribution in [0.15, 0.2) is 18.2 Å². The van der Waals surface area contributed by atoms with Gasteiger partial charge in [0.15, 0.2) is 0 Å². The van der Waals surface area contributed by atoms with Crippen molar-refractivity contribution in [3.05, 3.63) is 29.3 Å². The molecule has 2 rings (SSSR count). The van der Waals surface area contributed by atoms with Crippen LogP contribution in [0.3, 0.4) is 0 Å². The maximum absolute atomic E-state index is 12.7. The van der Waals surface area contributed by atoms with Crippen molar-refractivity contribution in [2.75, 3.05) is 18.9 Å². The molecule has 0 fully saturated rings. The fraction of sp³-hybridized carbons (Fsp3) is 0.538. The highest BCUT2D eigenvalue weighted by Crippen LogP contribution is 2.39. The molecule has 0 saturated heterocycles. The lowest BCUT2D eigenvalue weighted by molar-refractivity contribution is -0.137. The predicted molar refractivity (Wildman–Crippen MR) is 65.8 cm³/mol. The van der Waals surface area contributed by atoms with Crippen LogP contribution in [0.25, 0.3) is 0 Å². The van der Waals surface area contributed by atoms with E-state index in [1.807, 2.05) is 14.0 Å². The van der Waals surface area contributed by atoms with Crippen molar-refractivity contribution >= 4 is 5.69 Å². The molecule has 0 aliphatic carbocycles. The average molecular weight is 258 g/mol. The molecule has 0 bridgehead atoms. The Balaban J connectivity index is 2.25. The molecule has 5 heteroatoms. The van der Waals surface area contributed by atoms with Gasteiger partial charge in [0.25, 0.3) is 0 Å². The molecule has 0 spiro atoms. The lowest BCUT2D eigenvalue weighted by Crippen LogP contribution is -2.24. The van der Waals surface area contributed by atoms with Gasteiger partial charge in [-0.3, -0.25) is 0 Å². The smallest absolute Gasteiger partial charge is 0.384 e. The second-order valence-corrected chi connectivity index (χ2v) is 4.80. The van der Waals surface area contributed by atoms with E-state index < -0.39 is 11.7 Å². The number of alkyl halides is 3. The molecule has 2 atom stereocenters. The third-order valence-corrected chi connectivity index (χ3v) is 3.49. The Bertz CT molecular complexity index is 429. The van der Waals surface area contributed by atoms with Crippen LogP contribution in [0, 0.1) is 0 Å². The summed E-state index contributed by atoms with van der Waals surface area (Å²) in [7, 11) is 1.86. The summed E-state index contributed by atoms with van der Waals surface area (Å²) >= 11 is 0. The second kappa shape index (κ2) is 4.80. The van der Waals surface area contributed by atoms with Crippen LogP contribution in [0.5, 0.6) is 0 Å². The van der Waals surface area contributed by atoms with Gasteiger partial charge in [0.2, 0.25) is 0 Å². The molecule has 0 aromatic heterocycles. The minimum Gasteiger partial charge on any atom is -0.384 e. The molecule has 2 N–H and O–H groups in total. The number of hydrogen-bond donors (Lipinski definition) is 2. The van der Waals surface area contributed by atoms with Crippen LogP contribution in [0.2, 0.25) is 0 Å². The van der Waals surface area contributed by atoms with Crippen LogP contribution in [-0.2, 0) is 6.18 Å². The first kappa shape index (κ1) is 13.2. The van der Waals surface area contributed by atoms with Gasteiger partial charge in [-0.15, -0.1) is 0 Å². The number of fused-ring (bicyclic) bond motifs is 1. The Kier molecular flexibility index (Phi) is 3.52. The van der Waals surface area contributed by atoms with Crippen molar-refractivity contribution in [2.24, 2.45) is 0 Å². The first-order valence-electron chi connectivity index (χ1n) is 6.04. The largest absolute Gasteiger partial charge is 0.416 e. The normalized spacial score (nSPS) is 20.4. The summed E-state index contributed by atoms with van der Waals surface area (Å²) in [5.74, 6) is 0.143. The van der Waals surface area contributed by atoms with E-state index in [0.29, 0.717) is 6.54 Å². The quantitative estimate of drug-likeness (QED) is 0.870. The first-order valence-corrected chi connectivity index (χ1v) is 6.04. The summed E-state index contributed by atoms with van der Waals surface area (Å²) in [4.78, 5) is 0. The molecule has 1 heterocycles. The molecule has 0 radical (unpaired) electrons. The Morgan fingerprint density at radius 1 is 1.44 bits per heavy atom. The van der Waals surface area contributed by atoms with Gasteiger partial charge >= 0.3 is 6.18 Å². The fourth-order valence-electron chi connectivity index (χ4n) is 2.34. The van der Waals surface area contributed by atoms with Gasteiger partial charge in [-0.25, -0.2) is 0 Å². The standard InChI is InChI=1S/C13H17F3N2/c1-8(17-2)5-9-7-18-12-4-3-10(6-11(9)12)13(14,15)16/h3-4,6,8-9,17-18H,5,7H2,1-2H3. The van der Waals surface area contributed by atoms with Crippen molar-refractivity contribution in [3.8, 4) is 0 Å². The number of anilines is 1. The van der Waals surface area contributed by atoms with Crippen molar-refractivity contribution in [1.29, 1.82) is 0 Å². The number of hydrogen-bond acceptors (Lipinski definition) is 2. The van der Waals surface area contributed by atoms with Gasteiger partial charge in [-0.2, -0.15) is 13.2 Å². The summed E-state index contributed by atoms with van der Waals surface area (Å²) in [6.07, 6.45) is -3.44. The molecule has 1 aliphatic heterocycles. The molecule has 1 aliphatic rings. The van der Waals surface area contributed by atoms with Crippen molar-refractivity contribution < 1.29 is 13.2 Å². The molecule has 18 heavy (non-hydrogen) atoms. The minimum atomic E-state index is -4.27. The summed E-state index contributed by atoms with van der Waals surface area (Å²) in [5.41, 5.74) is 1.05. The number of halogens is 3. The first-order chi connectivity index (χ1) is 8.41. The number of benzene rings is 1. The maximum atomic E-state index is 12.7. The van der Waals surface area contributed by atoms with E-state index in [1.165, 1.54) is 12.1 Å². The third kappa shape index (κ3) is 2.61. The second-order valence-electron chi connectivity index (χ2n) is 4.80. The van der Waals surface area contributed by atoms with Crippen LogP contribution >= 0.6 is 0 Å². The third-order valence-electron chi connectivity index (χ3n) is 3.49.